The van der Waals surface area contributed by atoms with Crippen molar-refractivity contribution >= 4 is 11.8 Å². The number of ether oxygens (including phenoxy) is 1. The number of piperidine rings is 1. The van der Waals surface area contributed by atoms with Crippen molar-refractivity contribution in [2.24, 2.45) is 11.3 Å². The molecule has 0 saturated carbocycles. The van der Waals surface area contributed by atoms with Crippen LogP contribution in [0.1, 0.15) is 37.7 Å². The smallest absolute Gasteiger partial charge is 0.228 e. The van der Waals surface area contributed by atoms with Gasteiger partial charge in [0, 0.05) is 44.6 Å². The molecule has 3 heterocycles. The fourth-order valence-corrected chi connectivity index (χ4v) is 4.83. The van der Waals surface area contributed by atoms with Crippen LogP contribution in [0.2, 0.25) is 0 Å². The van der Waals surface area contributed by atoms with Crippen molar-refractivity contribution in [2.75, 3.05) is 39.4 Å². The lowest BCUT2D eigenvalue weighted by molar-refractivity contribution is -0.137. The summed E-state index contributed by atoms with van der Waals surface area (Å²) in [7, 11) is 0. The number of hydrogen-bond donors (Lipinski definition) is 0. The molecule has 1 spiro atoms. The zero-order valence-electron chi connectivity index (χ0n) is 16.1. The first-order valence-electron chi connectivity index (χ1n) is 10.3. The average molecular weight is 370 g/mol. The Morgan fingerprint density at radius 1 is 1.19 bits per heavy atom. The maximum absolute atomic E-state index is 12.6. The molecule has 3 fully saturated rings. The molecule has 1 aromatic rings. The summed E-state index contributed by atoms with van der Waals surface area (Å²) >= 11 is 0. The number of amides is 2. The predicted octanol–water partition coefficient (Wildman–Crippen LogP) is 2.50. The highest BCUT2D eigenvalue weighted by atomic mass is 16.5. The topological polar surface area (TPSA) is 49.9 Å². The van der Waals surface area contributed by atoms with Crippen molar-refractivity contribution < 1.29 is 14.3 Å². The zero-order chi connectivity index (χ0) is 18.7. The minimum atomic E-state index is 0.0544. The first-order valence-corrected chi connectivity index (χ1v) is 10.3. The molecule has 146 valence electrons. The number of nitrogens with zero attached hydrogens (tertiary/aromatic N) is 2. The summed E-state index contributed by atoms with van der Waals surface area (Å²) in [6.45, 7) is 4.59. The molecular formula is C22H30N2O3. The molecule has 3 saturated heterocycles. The van der Waals surface area contributed by atoms with Crippen molar-refractivity contribution in [3.05, 3.63) is 35.9 Å². The molecule has 0 aromatic heterocycles. The summed E-state index contributed by atoms with van der Waals surface area (Å²) in [5.41, 5.74) is 1.42. The van der Waals surface area contributed by atoms with Gasteiger partial charge in [-0.2, -0.15) is 0 Å². The lowest BCUT2D eigenvalue weighted by Crippen LogP contribution is -2.46. The van der Waals surface area contributed by atoms with Gasteiger partial charge in [0.1, 0.15) is 0 Å². The van der Waals surface area contributed by atoms with Crippen LogP contribution in [0.4, 0.5) is 0 Å². The van der Waals surface area contributed by atoms with Gasteiger partial charge in [-0.05, 0) is 37.7 Å². The van der Waals surface area contributed by atoms with Crippen molar-refractivity contribution in [2.45, 2.75) is 38.5 Å². The Balaban J connectivity index is 1.25. The number of rotatable bonds is 5. The Hall–Kier alpha value is -1.88. The quantitative estimate of drug-likeness (QED) is 0.800. The van der Waals surface area contributed by atoms with Gasteiger partial charge >= 0.3 is 0 Å². The van der Waals surface area contributed by atoms with Gasteiger partial charge in [0.15, 0.2) is 0 Å². The van der Waals surface area contributed by atoms with E-state index in [2.05, 4.69) is 29.2 Å². The maximum atomic E-state index is 12.6. The van der Waals surface area contributed by atoms with Gasteiger partial charge in [0.05, 0.1) is 12.5 Å². The summed E-state index contributed by atoms with van der Waals surface area (Å²) in [4.78, 5) is 29.2. The van der Waals surface area contributed by atoms with Gasteiger partial charge in [-0.1, -0.05) is 30.3 Å². The minimum absolute atomic E-state index is 0.0544. The molecule has 2 amide bonds. The Kier molecular flexibility index (Phi) is 5.48. The molecule has 0 aliphatic carbocycles. The van der Waals surface area contributed by atoms with E-state index in [1.807, 2.05) is 11.0 Å². The molecule has 4 rings (SSSR count). The summed E-state index contributed by atoms with van der Waals surface area (Å²) < 4.78 is 5.36. The Bertz CT molecular complexity index is 661. The maximum Gasteiger partial charge on any atom is 0.228 e. The fourth-order valence-electron chi connectivity index (χ4n) is 4.83. The van der Waals surface area contributed by atoms with E-state index in [0.29, 0.717) is 25.5 Å². The monoisotopic (exact) mass is 370 g/mol. The number of carbonyl (C=O) groups is 2. The van der Waals surface area contributed by atoms with E-state index in [4.69, 9.17) is 4.74 Å². The molecule has 3 aliphatic rings. The summed E-state index contributed by atoms with van der Waals surface area (Å²) in [6.07, 6.45) is 5.45. The van der Waals surface area contributed by atoms with E-state index in [-0.39, 0.29) is 17.2 Å². The molecule has 1 unspecified atom stereocenters. The number of aryl methyl sites for hydroxylation is 1. The van der Waals surface area contributed by atoms with Crippen molar-refractivity contribution in [3.63, 3.8) is 0 Å². The highest BCUT2D eigenvalue weighted by Gasteiger charge is 2.45. The van der Waals surface area contributed by atoms with Gasteiger partial charge in [0.2, 0.25) is 11.8 Å². The van der Waals surface area contributed by atoms with Crippen molar-refractivity contribution in [3.8, 4) is 0 Å². The van der Waals surface area contributed by atoms with Crippen molar-refractivity contribution in [1.82, 2.24) is 9.80 Å². The number of likely N-dealkylation sites (tertiary alicyclic amines) is 2. The molecule has 5 heteroatoms. The Morgan fingerprint density at radius 2 is 1.96 bits per heavy atom. The van der Waals surface area contributed by atoms with E-state index in [1.165, 1.54) is 5.56 Å². The molecule has 0 N–H and O–H groups in total. The first-order chi connectivity index (χ1) is 13.2. The Labute approximate surface area is 161 Å². The van der Waals surface area contributed by atoms with Crippen LogP contribution >= 0.6 is 0 Å². The molecule has 0 bridgehead atoms. The molecular weight excluding hydrogens is 340 g/mol. The lowest BCUT2D eigenvalue weighted by atomic mass is 9.77. The first kappa shape index (κ1) is 18.5. The third kappa shape index (κ3) is 4.18. The fraction of sp³-hybridized carbons (Fsp3) is 0.636. The van der Waals surface area contributed by atoms with Crippen LogP contribution in [-0.4, -0.2) is 61.0 Å². The van der Waals surface area contributed by atoms with Gasteiger partial charge in [-0.25, -0.2) is 0 Å². The second kappa shape index (κ2) is 8.01. The standard InChI is InChI=1S/C22H30N2O3/c25-20-15-22(17-24(20)11-4-7-18-5-2-1-3-6-18)9-12-23(13-10-22)21(26)19-8-14-27-16-19/h1-3,5-6,19H,4,7-17H2. The molecule has 0 radical (unpaired) electrons. The molecule has 3 aliphatic heterocycles. The van der Waals surface area contributed by atoms with Gasteiger partial charge < -0.3 is 14.5 Å². The Morgan fingerprint density at radius 3 is 2.67 bits per heavy atom. The minimum Gasteiger partial charge on any atom is -0.381 e. The normalized spacial score (nSPS) is 24.7. The van der Waals surface area contributed by atoms with Gasteiger partial charge in [-0.3, -0.25) is 9.59 Å². The van der Waals surface area contributed by atoms with E-state index < -0.39 is 0 Å². The van der Waals surface area contributed by atoms with E-state index in [9.17, 15) is 9.59 Å². The van der Waals surface area contributed by atoms with Gasteiger partial charge in [0.25, 0.3) is 0 Å². The highest BCUT2D eigenvalue weighted by Crippen LogP contribution is 2.41. The van der Waals surface area contributed by atoms with Crippen LogP contribution in [0.5, 0.6) is 0 Å². The number of carbonyl (C=O) groups excluding carboxylic acids is 2. The third-order valence-electron chi connectivity index (χ3n) is 6.56. The average Bonchev–Trinajstić information content (AvgIpc) is 3.32. The summed E-state index contributed by atoms with van der Waals surface area (Å²) in [5.74, 6) is 0.608. The molecule has 5 nitrogen and oxygen atoms in total. The van der Waals surface area contributed by atoms with Crippen LogP contribution in [0.15, 0.2) is 30.3 Å². The van der Waals surface area contributed by atoms with E-state index in [1.54, 1.807) is 0 Å². The largest absolute Gasteiger partial charge is 0.381 e. The predicted molar refractivity (Wildman–Crippen MR) is 103 cm³/mol. The highest BCUT2D eigenvalue weighted by molar-refractivity contribution is 5.80. The van der Waals surface area contributed by atoms with E-state index >= 15 is 0 Å². The van der Waals surface area contributed by atoms with Crippen molar-refractivity contribution in [1.29, 1.82) is 0 Å². The van der Waals surface area contributed by atoms with Crippen LogP contribution < -0.4 is 0 Å². The zero-order valence-corrected chi connectivity index (χ0v) is 16.1. The second-order valence-electron chi connectivity index (χ2n) is 8.47. The van der Waals surface area contributed by atoms with Crippen LogP contribution in [0.25, 0.3) is 0 Å². The number of benzene rings is 1. The van der Waals surface area contributed by atoms with Crippen LogP contribution in [0.3, 0.4) is 0 Å². The number of hydrogen-bond acceptors (Lipinski definition) is 3. The van der Waals surface area contributed by atoms with Crippen LogP contribution in [-0.2, 0) is 20.7 Å². The molecule has 1 atom stereocenters. The lowest BCUT2D eigenvalue weighted by Gasteiger charge is -2.39. The molecule has 27 heavy (non-hydrogen) atoms. The van der Waals surface area contributed by atoms with E-state index in [0.717, 1.165) is 58.3 Å². The molecule has 1 aromatic carbocycles. The van der Waals surface area contributed by atoms with Crippen LogP contribution in [0, 0.1) is 11.3 Å². The summed E-state index contributed by atoms with van der Waals surface area (Å²) in [5, 5.41) is 0. The van der Waals surface area contributed by atoms with Gasteiger partial charge in [-0.15, -0.1) is 0 Å². The SMILES string of the molecule is O=C1CC2(CCN(C(=O)C3CCOC3)CC2)CN1CCCc1ccccc1. The third-order valence-corrected chi connectivity index (χ3v) is 6.56. The second-order valence-corrected chi connectivity index (χ2v) is 8.47. The summed E-state index contributed by atoms with van der Waals surface area (Å²) in [6, 6.07) is 10.5.